The Morgan fingerprint density at radius 3 is 2.64 bits per heavy atom. The van der Waals surface area contributed by atoms with Gasteiger partial charge in [-0.3, -0.25) is 5.32 Å². The predicted molar refractivity (Wildman–Crippen MR) is 55.9 cm³/mol. The molecule has 80 valence electrons. The minimum atomic E-state index is -0.145. The van der Waals surface area contributed by atoms with E-state index < -0.39 is 0 Å². The van der Waals surface area contributed by atoms with Crippen LogP contribution in [0.5, 0.6) is 0 Å². The summed E-state index contributed by atoms with van der Waals surface area (Å²) in [4.78, 5) is 0. The number of rotatable bonds is 6. The average Bonchev–Trinajstić information content (AvgIpc) is 2.96. The molecule has 1 N–H and O–H groups in total. The monoisotopic (exact) mass is 196 g/mol. The van der Waals surface area contributed by atoms with Crippen molar-refractivity contribution in [3.63, 3.8) is 0 Å². The van der Waals surface area contributed by atoms with Crippen molar-refractivity contribution in [2.24, 2.45) is 0 Å². The molecule has 1 saturated carbocycles. The van der Waals surface area contributed by atoms with E-state index >= 15 is 0 Å². The van der Waals surface area contributed by atoms with Crippen LogP contribution in [0.15, 0.2) is 0 Å². The lowest BCUT2D eigenvalue weighted by molar-refractivity contribution is -0.0248. The highest BCUT2D eigenvalue weighted by molar-refractivity contribution is 4.96. The molecule has 0 saturated heterocycles. The lowest BCUT2D eigenvalue weighted by atomic mass is 10.1. The third-order valence-electron chi connectivity index (χ3n) is 2.66. The van der Waals surface area contributed by atoms with Crippen LogP contribution >= 0.6 is 0 Å². The summed E-state index contributed by atoms with van der Waals surface area (Å²) in [5, 5.41) is 12.1. The lowest BCUT2D eigenvalue weighted by Gasteiger charge is -2.25. The SMILES string of the molecule is CCC(C)(C)OCC(C#N)NC1CC1. The smallest absolute Gasteiger partial charge is 0.119 e. The molecule has 0 heterocycles. The van der Waals surface area contributed by atoms with Crippen LogP contribution in [-0.4, -0.2) is 24.3 Å². The van der Waals surface area contributed by atoms with Gasteiger partial charge < -0.3 is 4.74 Å². The quantitative estimate of drug-likeness (QED) is 0.705. The summed E-state index contributed by atoms with van der Waals surface area (Å²) in [7, 11) is 0. The molecule has 1 atom stereocenters. The molecular weight excluding hydrogens is 176 g/mol. The molecular formula is C11H20N2O. The average molecular weight is 196 g/mol. The predicted octanol–water partition coefficient (Wildman–Crippen LogP) is 1.84. The van der Waals surface area contributed by atoms with Crippen molar-refractivity contribution in [3.8, 4) is 6.07 Å². The standard InChI is InChI=1S/C11H20N2O/c1-4-11(2,3)14-8-10(7-12)13-9-5-6-9/h9-10,13H,4-6,8H2,1-3H3. The number of nitrogens with one attached hydrogen (secondary N) is 1. The van der Waals surface area contributed by atoms with E-state index in [2.05, 4.69) is 32.2 Å². The van der Waals surface area contributed by atoms with E-state index in [9.17, 15) is 0 Å². The first-order valence-corrected chi connectivity index (χ1v) is 5.37. The van der Waals surface area contributed by atoms with Gasteiger partial charge in [-0.25, -0.2) is 0 Å². The molecule has 3 heteroatoms. The van der Waals surface area contributed by atoms with Crippen molar-refractivity contribution in [3.05, 3.63) is 0 Å². The Hall–Kier alpha value is -0.590. The summed E-state index contributed by atoms with van der Waals surface area (Å²) in [6, 6.07) is 2.65. The molecule has 0 aromatic carbocycles. The molecule has 1 aliphatic carbocycles. The van der Waals surface area contributed by atoms with Gasteiger partial charge in [0.2, 0.25) is 0 Å². The number of hydrogen-bond donors (Lipinski definition) is 1. The van der Waals surface area contributed by atoms with Gasteiger partial charge in [0.25, 0.3) is 0 Å². The van der Waals surface area contributed by atoms with Crippen molar-refractivity contribution in [2.75, 3.05) is 6.61 Å². The zero-order valence-corrected chi connectivity index (χ0v) is 9.34. The topological polar surface area (TPSA) is 45.0 Å². The lowest BCUT2D eigenvalue weighted by Crippen LogP contribution is -2.37. The van der Waals surface area contributed by atoms with Crippen LogP contribution < -0.4 is 5.32 Å². The van der Waals surface area contributed by atoms with Crippen LogP contribution in [0.1, 0.15) is 40.0 Å². The van der Waals surface area contributed by atoms with Gasteiger partial charge >= 0.3 is 0 Å². The van der Waals surface area contributed by atoms with E-state index in [-0.39, 0.29) is 11.6 Å². The van der Waals surface area contributed by atoms with Gasteiger partial charge in [-0.05, 0) is 33.1 Å². The third-order valence-corrected chi connectivity index (χ3v) is 2.66. The minimum Gasteiger partial charge on any atom is -0.373 e. The maximum Gasteiger partial charge on any atom is 0.119 e. The van der Waals surface area contributed by atoms with Crippen molar-refractivity contribution in [2.45, 2.75) is 57.7 Å². The van der Waals surface area contributed by atoms with E-state index in [1.807, 2.05) is 0 Å². The number of ether oxygens (including phenoxy) is 1. The fourth-order valence-electron chi connectivity index (χ4n) is 1.07. The van der Waals surface area contributed by atoms with Gasteiger partial charge in [0, 0.05) is 6.04 Å². The van der Waals surface area contributed by atoms with Crippen molar-refractivity contribution < 1.29 is 4.74 Å². The van der Waals surface area contributed by atoms with E-state index in [1.165, 1.54) is 12.8 Å². The maximum absolute atomic E-state index is 8.88. The number of nitrogens with zero attached hydrogens (tertiary/aromatic N) is 1. The molecule has 1 fully saturated rings. The summed E-state index contributed by atoms with van der Waals surface area (Å²) >= 11 is 0. The molecule has 0 aliphatic heterocycles. The fourth-order valence-corrected chi connectivity index (χ4v) is 1.07. The number of hydrogen-bond acceptors (Lipinski definition) is 3. The highest BCUT2D eigenvalue weighted by Gasteiger charge is 2.26. The second-order valence-electron chi connectivity index (χ2n) is 4.55. The van der Waals surface area contributed by atoms with E-state index in [4.69, 9.17) is 10.00 Å². The van der Waals surface area contributed by atoms with Crippen molar-refractivity contribution in [1.29, 1.82) is 5.26 Å². The molecule has 1 unspecified atom stereocenters. The zero-order valence-electron chi connectivity index (χ0n) is 9.34. The van der Waals surface area contributed by atoms with Gasteiger partial charge in [0.15, 0.2) is 0 Å². The molecule has 0 aromatic heterocycles. The summed E-state index contributed by atoms with van der Waals surface area (Å²) in [5.74, 6) is 0. The summed E-state index contributed by atoms with van der Waals surface area (Å²) in [5.41, 5.74) is -0.111. The summed E-state index contributed by atoms with van der Waals surface area (Å²) in [6.07, 6.45) is 3.37. The van der Waals surface area contributed by atoms with Gasteiger partial charge in [0.1, 0.15) is 6.04 Å². The Morgan fingerprint density at radius 1 is 1.57 bits per heavy atom. The van der Waals surface area contributed by atoms with Gasteiger partial charge in [-0.2, -0.15) is 5.26 Å². The summed E-state index contributed by atoms with van der Waals surface area (Å²) in [6.45, 7) is 6.70. The Labute approximate surface area is 86.4 Å². The molecule has 0 amide bonds. The minimum absolute atomic E-state index is 0.111. The second-order valence-corrected chi connectivity index (χ2v) is 4.55. The Bertz CT molecular complexity index is 216. The number of nitriles is 1. The first-order valence-electron chi connectivity index (χ1n) is 5.37. The molecule has 1 aliphatic rings. The van der Waals surface area contributed by atoms with Crippen LogP contribution in [0.2, 0.25) is 0 Å². The van der Waals surface area contributed by atoms with E-state index in [1.54, 1.807) is 0 Å². The van der Waals surface area contributed by atoms with E-state index in [0.717, 1.165) is 6.42 Å². The van der Waals surface area contributed by atoms with Crippen LogP contribution in [0.4, 0.5) is 0 Å². The van der Waals surface area contributed by atoms with Crippen LogP contribution in [0.3, 0.4) is 0 Å². The molecule has 14 heavy (non-hydrogen) atoms. The van der Waals surface area contributed by atoms with Gasteiger partial charge in [-0.15, -0.1) is 0 Å². The summed E-state index contributed by atoms with van der Waals surface area (Å²) < 4.78 is 5.68. The van der Waals surface area contributed by atoms with Crippen molar-refractivity contribution in [1.82, 2.24) is 5.32 Å². The first-order chi connectivity index (χ1) is 6.57. The van der Waals surface area contributed by atoms with Crippen LogP contribution in [0, 0.1) is 11.3 Å². The maximum atomic E-state index is 8.88. The first kappa shape index (κ1) is 11.5. The fraction of sp³-hybridized carbons (Fsp3) is 0.909. The van der Waals surface area contributed by atoms with Crippen LogP contribution in [0.25, 0.3) is 0 Å². The van der Waals surface area contributed by atoms with E-state index in [0.29, 0.717) is 12.6 Å². The molecule has 0 bridgehead atoms. The molecule has 1 rings (SSSR count). The zero-order chi connectivity index (χ0) is 10.6. The third kappa shape index (κ3) is 4.08. The highest BCUT2D eigenvalue weighted by atomic mass is 16.5. The van der Waals surface area contributed by atoms with Crippen LogP contribution in [-0.2, 0) is 4.74 Å². The second kappa shape index (κ2) is 4.77. The molecule has 0 radical (unpaired) electrons. The Morgan fingerprint density at radius 2 is 2.21 bits per heavy atom. The van der Waals surface area contributed by atoms with Gasteiger partial charge in [-0.1, -0.05) is 6.92 Å². The normalized spacial score (nSPS) is 19.0. The largest absolute Gasteiger partial charge is 0.373 e. The molecule has 0 spiro atoms. The Balaban J connectivity index is 2.23. The highest BCUT2D eigenvalue weighted by Crippen LogP contribution is 2.20. The molecule has 0 aromatic rings. The molecule has 3 nitrogen and oxygen atoms in total. The van der Waals surface area contributed by atoms with Crippen molar-refractivity contribution >= 4 is 0 Å². The van der Waals surface area contributed by atoms with Gasteiger partial charge in [0.05, 0.1) is 18.3 Å². The Kier molecular flexibility index (Phi) is 3.91.